The van der Waals surface area contributed by atoms with Gasteiger partial charge < -0.3 is 25.2 Å². The standard InChI is InChI=1S/C26H37ClO6/c1-2-33-14-13-19-15-18(9-12-24(19)29)16-20(28)10-11-22-21(23(27)17-25(22)30)7-5-3-4-6-8-26(31)32/h3,5,9-12,15,20-23,25,28-30H,2,4,6-8,13-14,16-17H2,1H3,(H,31,32)/t20?,21-,22-,23-,25-/m1/s1. The minimum absolute atomic E-state index is 0.0553. The van der Waals surface area contributed by atoms with Gasteiger partial charge >= 0.3 is 5.97 Å². The van der Waals surface area contributed by atoms with E-state index in [1.807, 2.05) is 31.2 Å². The first kappa shape index (κ1) is 27.4. The van der Waals surface area contributed by atoms with E-state index in [0.29, 0.717) is 51.7 Å². The summed E-state index contributed by atoms with van der Waals surface area (Å²) in [5, 5.41) is 39.6. The molecule has 184 valence electrons. The number of rotatable bonds is 14. The number of aliphatic hydroxyl groups excluding tert-OH is 2. The fraction of sp³-hybridized carbons (Fsp3) is 0.577. The molecule has 0 bridgehead atoms. The zero-order chi connectivity index (χ0) is 24.2. The van der Waals surface area contributed by atoms with Crippen LogP contribution >= 0.6 is 11.6 Å². The molecule has 0 radical (unpaired) electrons. The summed E-state index contributed by atoms with van der Waals surface area (Å²) in [4.78, 5) is 10.6. The molecular formula is C26H37ClO6. The number of unbranched alkanes of at least 4 members (excludes halogenated alkanes) is 1. The van der Waals surface area contributed by atoms with Gasteiger partial charge in [0.1, 0.15) is 5.75 Å². The largest absolute Gasteiger partial charge is 0.508 e. The molecule has 4 N–H and O–H groups in total. The number of aromatic hydroxyl groups is 1. The van der Waals surface area contributed by atoms with Gasteiger partial charge in [0.2, 0.25) is 0 Å². The maximum absolute atomic E-state index is 10.6. The number of phenolic OH excluding ortho intramolecular Hbond substituents is 1. The van der Waals surface area contributed by atoms with E-state index < -0.39 is 18.2 Å². The van der Waals surface area contributed by atoms with Crippen molar-refractivity contribution in [1.29, 1.82) is 0 Å². The topological polar surface area (TPSA) is 107 Å². The number of carboxylic acid groups (broad SMARTS) is 1. The molecule has 0 aliphatic heterocycles. The Hall–Kier alpha value is -1.86. The van der Waals surface area contributed by atoms with Crippen LogP contribution in [0.3, 0.4) is 0 Å². The van der Waals surface area contributed by atoms with Gasteiger partial charge in [0, 0.05) is 30.7 Å². The molecule has 33 heavy (non-hydrogen) atoms. The molecule has 1 aromatic carbocycles. The molecule has 0 amide bonds. The first-order valence-corrected chi connectivity index (χ1v) is 12.2. The number of benzene rings is 1. The molecule has 0 spiro atoms. The second-order valence-corrected chi connectivity index (χ2v) is 9.18. The van der Waals surface area contributed by atoms with Crippen molar-refractivity contribution >= 4 is 17.6 Å². The van der Waals surface area contributed by atoms with Gasteiger partial charge in [-0.1, -0.05) is 36.4 Å². The smallest absolute Gasteiger partial charge is 0.303 e. The second kappa shape index (κ2) is 14.4. The summed E-state index contributed by atoms with van der Waals surface area (Å²) in [7, 11) is 0. The number of alkyl halides is 1. The highest BCUT2D eigenvalue weighted by Crippen LogP contribution is 2.39. The van der Waals surface area contributed by atoms with Crippen LogP contribution < -0.4 is 0 Å². The molecular weight excluding hydrogens is 444 g/mol. The summed E-state index contributed by atoms with van der Waals surface area (Å²) in [6.45, 7) is 3.09. The predicted molar refractivity (Wildman–Crippen MR) is 130 cm³/mol. The Balaban J connectivity index is 1.92. The van der Waals surface area contributed by atoms with Crippen LogP contribution in [-0.4, -0.2) is 57.2 Å². The van der Waals surface area contributed by atoms with Crippen LogP contribution in [-0.2, 0) is 22.4 Å². The Morgan fingerprint density at radius 3 is 2.85 bits per heavy atom. The van der Waals surface area contributed by atoms with Gasteiger partial charge in [-0.25, -0.2) is 0 Å². The maximum atomic E-state index is 10.6. The Labute approximate surface area is 201 Å². The molecule has 1 saturated carbocycles. The number of allylic oxidation sites excluding steroid dienone is 2. The number of hydrogen-bond acceptors (Lipinski definition) is 5. The van der Waals surface area contributed by atoms with Crippen LogP contribution in [0.2, 0.25) is 0 Å². The predicted octanol–water partition coefficient (Wildman–Crippen LogP) is 4.24. The molecule has 7 heteroatoms. The van der Waals surface area contributed by atoms with Crippen molar-refractivity contribution in [2.24, 2.45) is 11.8 Å². The second-order valence-electron chi connectivity index (χ2n) is 8.62. The lowest BCUT2D eigenvalue weighted by Crippen LogP contribution is -2.19. The highest BCUT2D eigenvalue weighted by Gasteiger charge is 2.39. The first-order valence-electron chi connectivity index (χ1n) is 11.8. The summed E-state index contributed by atoms with van der Waals surface area (Å²) >= 11 is 6.48. The molecule has 1 unspecified atom stereocenters. The monoisotopic (exact) mass is 480 g/mol. The summed E-state index contributed by atoms with van der Waals surface area (Å²) in [6, 6.07) is 5.33. The SMILES string of the molecule is CCOCCc1cc(CC(O)C=C[C@@H]2[C@@H](CC=CCCCC(=O)O)[C@H](Cl)C[C@H]2O)ccc1O. The summed E-state index contributed by atoms with van der Waals surface area (Å²) in [6.07, 6.45) is 9.97. The van der Waals surface area contributed by atoms with Crippen LogP contribution in [0.4, 0.5) is 0 Å². The van der Waals surface area contributed by atoms with E-state index in [1.54, 1.807) is 18.2 Å². The van der Waals surface area contributed by atoms with Gasteiger partial charge in [0.25, 0.3) is 0 Å². The van der Waals surface area contributed by atoms with E-state index in [9.17, 15) is 20.1 Å². The number of hydrogen-bond donors (Lipinski definition) is 4. The fourth-order valence-electron chi connectivity index (χ4n) is 4.27. The van der Waals surface area contributed by atoms with Crippen molar-refractivity contribution in [2.75, 3.05) is 13.2 Å². The third-order valence-electron chi connectivity index (χ3n) is 6.07. The van der Waals surface area contributed by atoms with Crippen molar-refractivity contribution in [1.82, 2.24) is 0 Å². The first-order chi connectivity index (χ1) is 15.8. The molecule has 1 fully saturated rings. The van der Waals surface area contributed by atoms with E-state index in [1.165, 1.54) is 0 Å². The third-order valence-corrected chi connectivity index (χ3v) is 6.57. The molecule has 0 heterocycles. The summed E-state index contributed by atoms with van der Waals surface area (Å²) < 4.78 is 5.36. The van der Waals surface area contributed by atoms with Gasteiger partial charge in [-0.3, -0.25) is 4.79 Å². The zero-order valence-corrected chi connectivity index (χ0v) is 20.0. The Morgan fingerprint density at radius 1 is 1.33 bits per heavy atom. The fourth-order valence-corrected chi connectivity index (χ4v) is 4.72. The maximum Gasteiger partial charge on any atom is 0.303 e. The molecule has 1 aliphatic carbocycles. The molecule has 1 aliphatic rings. The Kier molecular flexibility index (Phi) is 12.0. The van der Waals surface area contributed by atoms with E-state index in [0.717, 1.165) is 11.1 Å². The van der Waals surface area contributed by atoms with Gasteiger partial charge in [0.15, 0.2) is 0 Å². The highest BCUT2D eigenvalue weighted by molar-refractivity contribution is 6.21. The normalized spacial score (nSPS) is 24.1. The molecule has 5 atom stereocenters. The van der Waals surface area contributed by atoms with Crippen molar-refractivity contribution in [2.45, 2.75) is 69.5 Å². The Bertz CT molecular complexity index is 793. The number of aliphatic carboxylic acids is 1. The number of phenols is 1. The average molecular weight is 481 g/mol. The molecule has 0 saturated heterocycles. The van der Waals surface area contributed by atoms with E-state index in [2.05, 4.69) is 0 Å². The van der Waals surface area contributed by atoms with Gasteiger partial charge in [-0.15, -0.1) is 11.6 Å². The third kappa shape index (κ3) is 9.49. The minimum Gasteiger partial charge on any atom is -0.508 e. The summed E-state index contributed by atoms with van der Waals surface area (Å²) in [5.41, 5.74) is 1.71. The zero-order valence-electron chi connectivity index (χ0n) is 19.3. The number of halogens is 1. The molecule has 2 rings (SSSR count). The molecule has 6 nitrogen and oxygen atoms in total. The average Bonchev–Trinajstić information content (AvgIpc) is 3.03. The lowest BCUT2D eigenvalue weighted by Gasteiger charge is -2.19. The lowest BCUT2D eigenvalue weighted by molar-refractivity contribution is -0.137. The van der Waals surface area contributed by atoms with Gasteiger partial charge in [-0.05, 0) is 62.1 Å². The van der Waals surface area contributed by atoms with Crippen LogP contribution in [0.1, 0.15) is 50.2 Å². The van der Waals surface area contributed by atoms with Crippen LogP contribution in [0.25, 0.3) is 0 Å². The highest BCUT2D eigenvalue weighted by atomic mass is 35.5. The lowest BCUT2D eigenvalue weighted by atomic mass is 9.90. The molecule has 0 aromatic heterocycles. The van der Waals surface area contributed by atoms with Crippen LogP contribution in [0, 0.1) is 11.8 Å². The van der Waals surface area contributed by atoms with Crippen molar-refractivity contribution in [3.63, 3.8) is 0 Å². The van der Waals surface area contributed by atoms with E-state index in [4.69, 9.17) is 21.4 Å². The number of ether oxygens (including phenoxy) is 1. The van der Waals surface area contributed by atoms with E-state index >= 15 is 0 Å². The minimum atomic E-state index is -0.791. The number of carbonyl (C=O) groups is 1. The van der Waals surface area contributed by atoms with Crippen LogP contribution in [0.5, 0.6) is 5.75 Å². The van der Waals surface area contributed by atoms with Crippen LogP contribution in [0.15, 0.2) is 42.5 Å². The number of carboxylic acids is 1. The van der Waals surface area contributed by atoms with E-state index in [-0.39, 0.29) is 29.4 Å². The number of aliphatic hydroxyl groups is 2. The summed E-state index contributed by atoms with van der Waals surface area (Å²) in [5.74, 6) is -0.655. The Morgan fingerprint density at radius 2 is 2.12 bits per heavy atom. The quantitative estimate of drug-likeness (QED) is 0.180. The van der Waals surface area contributed by atoms with Crippen molar-refractivity contribution in [3.8, 4) is 5.75 Å². The van der Waals surface area contributed by atoms with Crippen molar-refractivity contribution in [3.05, 3.63) is 53.6 Å². The molecule has 1 aromatic rings. The van der Waals surface area contributed by atoms with Crippen molar-refractivity contribution < 1.29 is 30.0 Å². The van der Waals surface area contributed by atoms with Gasteiger partial charge in [0.05, 0.1) is 18.8 Å². The van der Waals surface area contributed by atoms with Gasteiger partial charge in [-0.2, -0.15) is 0 Å².